The summed E-state index contributed by atoms with van der Waals surface area (Å²) >= 11 is 0. The van der Waals surface area contributed by atoms with Gasteiger partial charge in [0.2, 0.25) is 5.91 Å². The molecule has 0 bridgehead atoms. The quantitative estimate of drug-likeness (QED) is 0.658. The van der Waals surface area contributed by atoms with Crippen LogP contribution in [0.25, 0.3) is 0 Å². The second kappa shape index (κ2) is 5.91. The predicted molar refractivity (Wildman–Crippen MR) is 53.9 cm³/mol. The minimum atomic E-state index is -4.50. The summed E-state index contributed by atoms with van der Waals surface area (Å²) in [7, 11) is 0. The fourth-order valence-electron chi connectivity index (χ4n) is 1.16. The number of rotatable bonds is 4. The molecule has 0 heterocycles. The lowest BCUT2D eigenvalue weighted by atomic mass is 10.2. The summed E-state index contributed by atoms with van der Waals surface area (Å²) in [5, 5.41) is 3.50. The van der Waals surface area contributed by atoms with E-state index in [0.29, 0.717) is 6.07 Å². The second-order valence-corrected chi connectivity index (χ2v) is 3.52. The lowest BCUT2D eigenvalue weighted by Gasteiger charge is -2.09. The molecule has 0 saturated carbocycles. The van der Waals surface area contributed by atoms with E-state index in [1.54, 1.807) is 10.6 Å². The first-order chi connectivity index (χ1) is 8.69. The number of carbonyl (C=O) groups is 1. The van der Waals surface area contributed by atoms with Crippen molar-refractivity contribution in [3.8, 4) is 0 Å². The average Bonchev–Trinajstić information content (AvgIpc) is 2.23. The van der Waals surface area contributed by atoms with Crippen LogP contribution in [0.5, 0.6) is 0 Å². The predicted octanol–water partition coefficient (Wildman–Crippen LogP) is 2.19. The molecule has 0 unspecified atom stereocenters. The summed E-state index contributed by atoms with van der Waals surface area (Å²) in [6, 6.07) is 0.785. The molecule has 0 aliphatic heterocycles. The number of alkyl halides is 3. The molecule has 0 aliphatic carbocycles. The first-order valence-corrected chi connectivity index (χ1v) is 4.91. The highest BCUT2D eigenvalue weighted by molar-refractivity contribution is 5.92. The highest BCUT2D eigenvalue weighted by Crippen LogP contribution is 2.19. The van der Waals surface area contributed by atoms with Crippen LogP contribution in [-0.2, 0) is 4.79 Å². The maximum atomic E-state index is 13.1. The minimum Gasteiger partial charge on any atom is -0.322 e. The molecular weight excluding hydrogens is 278 g/mol. The van der Waals surface area contributed by atoms with Gasteiger partial charge in [-0.25, -0.2) is 13.2 Å². The van der Waals surface area contributed by atoms with E-state index >= 15 is 0 Å². The summed E-state index contributed by atoms with van der Waals surface area (Å²) in [4.78, 5) is 11.1. The van der Waals surface area contributed by atoms with E-state index in [-0.39, 0.29) is 6.07 Å². The Bertz CT molecular complexity index is 474. The fraction of sp³-hybridized carbons (Fsp3) is 0.300. The van der Waals surface area contributed by atoms with Crippen LogP contribution in [0.1, 0.15) is 0 Å². The van der Waals surface area contributed by atoms with Gasteiger partial charge in [0.15, 0.2) is 11.6 Å². The highest BCUT2D eigenvalue weighted by Gasteiger charge is 2.26. The molecule has 0 spiro atoms. The van der Waals surface area contributed by atoms with Gasteiger partial charge >= 0.3 is 6.18 Å². The van der Waals surface area contributed by atoms with E-state index in [1.165, 1.54) is 0 Å². The molecule has 0 atom stereocenters. The number of anilines is 1. The van der Waals surface area contributed by atoms with E-state index < -0.39 is 48.3 Å². The second-order valence-electron chi connectivity index (χ2n) is 3.52. The highest BCUT2D eigenvalue weighted by atomic mass is 19.4. The van der Waals surface area contributed by atoms with Gasteiger partial charge in [-0.2, -0.15) is 13.2 Å². The molecule has 1 aromatic carbocycles. The largest absolute Gasteiger partial charge is 0.401 e. The first kappa shape index (κ1) is 15.3. The number of benzene rings is 1. The van der Waals surface area contributed by atoms with Crippen molar-refractivity contribution in [1.82, 2.24) is 5.32 Å². The number of nitrogens with one attached hydrogen (secondary N) is 2. The maximum Gasteiger partial charge on any atom is 0.401 e. The first-order valence-electron chi connectivity index (χ1n) is 4.91. The van der Waals surface area contributed by atoms with E-state index in [4.69, 9.17) is 0 Å². The maximum absolute atomic E-state index is 13.1. The summed E-state index contributed by atoms with van der Waals surface area (Å²) in [6.45, 7) is -2.20. The zero-order valence-corrected chi connectivity index (χ0v) is 9.24. The van der Waals surface area contributed by atoms with Crippen molar-refractivity contribution in [2.45, 2.75) is 6.18 Å². The Morgan fingerprint density at radius 2 is 1.79 bits per heavy atom. The molecule has 1 aromatic rings. The Morgan fingerprint density at radius 3 is 2.37 bits per heavy atom. The normalized spacial score (nSPS) is 11.5. The molecule has 0 radical (unpaired) electrons. The lowest BCUT2D eigenvalue weighted by molar-refractivity contribution is -0.126. The third-order valence-electron chi connectivity index (χ3n) is 1.88. The third kappa shape index (κ3) is 5.16. The Labute approximate surface area is 103 Å². The van der Waals surface area contributed by atoms with E-state index in [9.17, 15) is 31.1 Å². The standard InChI is InChI=1S/C10H8F6N2O/c11-5-1-6(12)9(13)7(2-5)18-8(19)3-17-4-10(14,15)16/h1-2,17H,3-4H2,(H,18,19). The van der Waals surface area contributed by atoms with Gasteiger partial charge in [0.1, 0.15) is 5.82 Å². The van der Waals surface area contributed by atoms with Crippen LogP contribution < -0.4 is 10.6 Å². The summed E-state index contributed by atoms with van der Waals surface area (Å²) in [6.07, 6.45) is -4.50. The van der Waals surface area contributed by atoms with Crippen LogP contribution in [0.2, 0.25) is 0 Å². The summed E-state index contributed by atoms with van der Waals surface area (Å²) in [5.74, 6) is -5.20. The molecule has 1 rings (SSSR count). The molecule has 106 valence electrons. The van der Waals surface area contributed by atoms with Gasteiger partial charge in [0.05, 0.1) is 18.8 Å². The van der Waals surface area contributed by atoms with Gasteiger partial charge in [0.25, 0.3) is 0 Å². The van der Waals surface area contributed by atoms with Gasteiger partial charge < -0.3 is 10.6 Å². The molecule has 0 aliphatic rings. The molecule has 9 heteroatoms. The number of halogens is 6. The Balaban J connectivity index is 2.58. The lowest BCUT2D eigenvalue weighted by Crippen LogP contribution is -2.35. The molecule has 0 saturated heterocycles. The van der Waals surface area contributed by atoms with Crippen molar-refractivity contribution in [3.05, 3.63) is 29.6 Å². The van der Waals surface area contributed by atoms with E-state index in [0.717, 1.165) is 0 Å². The average molecular weight is 286 g/mol. The van der Waals surface area contributed by atoms with E-state index in [2.05, 4.69) is 0 Å². The minimum absolute atomic E-state index is 0.271. The fourth-order valence-corrected chi connectivity index (χ4v) is 1.16. The SMILES string of the molecule is O=C(CNCC(F)(F)F)Nc1cc(F)cc(F)c1F. The molecule has 2 N–H and O–H groups in total. The van der Waals surface area contributed by atoms with Gasteiger partial charge in [-0.3, -0.25) is 4.79 Å². The van der Waals surface area contributed by atoms with Gasteiger partial charge in [-0.05, 0) is 0 Å². The smallest absolute Gasteiger partial charge is 0.322 e. The van der Waals surface area contributed by atoms with Crippen molar-refractivity contribution in [2.24, 2.45) is 0 Å². The van der Waals surface area contributed by atoms with Crippen molar-refractivity contribution >= 4 is 11.6 Å². The number of hydrogen-bond donors (Lipinski definition) is 2. The number of carbonyl (C=O) groups excluding carboxylic acids is 1. The molecule has 0 fully saturated rings. The van der Waals surface area contributed by atoms with Gasteiger partial charge in [-0.1, -0.05) is 0 Å². The zero-order chi connectivity index (χ0) is 14.6. The van der Waals surface area contributed by atoms with Crippen LogP contribution in [-0.4, -0.2) is 25.2 Å². The van der Waals surface area contributed by atoms with Gasteiger partial charge in [0, 0.05) is 12.1 Å². The van der Waals surface area contributed by atoms with Crippen molar-refractivity contribution in [2.75, 3.05) is 18.4 Å². The Hall–Kier alpha value is -1.77. The molecule has 0 aromatic heterocycles. The van der Waals surface area contributed by atoms with Crippen molar-refractivity contribution in [1.29, 1.82) is 0 Å². The summed E-state index contributed by atoms with van der Waals surface area (Å²) < 4.78 is 73.9. The monoisotopic (exact) mass is 286 g/mol. The van der Waals surface area contributed by atoms with E-state index in [1.807, 2.05) is 0 Å². The molecule has 1 amide bonds. The van der Waals surface area contributed by atoms with Crippen molar-refractivity contribution in [3.63, 3.8) is 0 Å². The van der Waals surface area contributed by atoms with Crippen LogP contribution in [0, 0.1) is 17.5 Å². The Morgan fingerprint density at radius 1 is 1.16 bits per heavy atom. The van der Waals surface area contributed by atoms with Crippen LogP contribution in [0.15, 0.2) is 12.1 Å². The number of amides is 1. The number of hydrogen-bond acceptors (Lipinski definition) is 2. The molecule has 19 heavy (non-hydrogen) atoms. The topological polar surface area (TPSA) is 41.1 Å². The van der Waals surface area contributed by atoms with Crippen LogP contribution in [0.3, 0.4) is 0 Å². The van der Waals surface area contributed by atoms with Crippen LogP contribution in [0.4, 0.5) is 32.0 Å². The van der Waals surface area contributed by atoms with Crippen molar-refractivity contribution < 1.29 is 31.1 Å². The summed E-state index contributed by atoms with van der Waals surface area (Å²) in [5.41, 5.74) is -0.781. The Kier molecular flexibility index (Phi) is 4.76. The zero-order valence-electron chi connectivity index (χ0n) is 9.24. The van der Waals surface area contributed by atoms with Gasteiger partial charge in [-0.15, -0.1) is 0 Å². The molecular formula is C10H8F6N2O. The molecule has 3 nitrogen and oxygen atoms in total. The third-order valence-corrected chi connectivity index (χ3v) is 1.88. The van der Waals surface area contributed by atoms with Crippen LogP contribution >= 0.6 is 0 Å².